The fourth-order valence-electron chi connectivity index (χ4n) is 3.04. The zero-order valence-electron chi connectivity index (χ0n) is 15.1. The van der Waals surface area contributed by atoms with E-state index in [4.69, 9.17) is 4.74 Å². The molecule has 2 aromatic carbocycles. The number of urea groups is 1. The lowest BCUT2D eigenvalue weighted by atomic mass is 9.88. The Labute approximate surface area is 162 Å². The molecule has 0 spiro atoms. The monoisotopic (exact) mass is 383 g/mol. The maximum atomic E-state index is 13.0. The molecule has 1 heterocycles. The third-order valence-electron chi connectivity index (χ3n) is 4.39. The van der Waals surface area contributed by atoms with Crippen LogP contribution in [0.2, 0.25) is 0 Å². The van der Waals surface area contributed by atoms with Crippen molar-refractivity contribution in [2.45, 2.75) is 10.9 Å². The number of anilines is 1. The number of thioether (sulfide) groups is 1. The van der Waals surface area contributed by atoms with E-state index in [0.717, 1.165) is 10.5 Å². The maximum Gasteiger partial charge on any atom is 0.319 e. The summed E-state index contributed by atoms with van der Waals surface area (Å²) in [5.74, 6) is -0.395. The molecule has 0 aromatic heterocycles. The summed E-state index contributed by atoms with van der Waals surface area (Å²) in [5.41, 5.74) is 1.75. The van der Waals surface area contributed by atoms with Crippen molar-refractivity contribution in [3.8, 4) is 5.75 Å². The minimum absolute atomic E-state index is 0.282. The Hall–Kier alpha value is -2.93. The molecule has 2 atom stereocenters. The van der Waals surface area contributed by atoms with Crippen molar-refractivity contribution in [2.75, 3.05) is 18.7 Å². The first kappa shape index (κ1) is 18.8. The van der Waals surface area contributed by atoms with Crippen molar-refractivity contribution < 1.29 is 14.3 Å². The number of hydrogen-bond donors (Lipinski definition) is 3. The van der Waals surface area contributed by atoms with Crippen molar-refractivity contribution in [1.29, 1.82) is 0 Å². The largest absolute Gasteiger partial charge is 0.495 e. The highest BCUT2D eigenvalue weighted by atomic mass is 32.2. The van der Waals surface area contributed by atoms with Crippen molar-refractivity contribution in [2.24, 2.45) is 5.92 Å². The predicted octanol–water partition coefficient (Wildman–Crippen LogP) is 3.54. The number of para-hydroxylation sites is 2. The molecule has 140 valence electrons. The van der Waals surface area contributed by atoms with Gasteiger partial charge in [-0.15, -0.1) is 11.8 Å². The van der Waals surface area contributed by atoms with Crippen LogP contribution in [0.15, 0.2) is 65.7 Å². The highest BCUT2D eigenvalue weighted by Crippen LogP contribution is 2.32. The van der Waals surface area contributed by atoms with Crippen LogP contribution in [-0.2, 0) is 4.79 Å². The van der Waals surface area contributed by atoms with Crippen LogP contribution >= 0.6 is 11.8 Å². The SMILES string of the molecule is C=C1NC(=O)N[C@H](c2ccc(SC)cc2)[C@H]1C(=O)Nc1ccccc1OC. The van der Waals surface area contributed by atoms with Crippen LogP contribution in [0.4, 0.5) is 10.5 Å². The smallest absolute Gasteiger partial charge is 0.319 e. The van der Waals surface area contributed by atoms with Gasteiger partial charge in [-0.05, 0) is 36.1 Å². The minimum atomic E-state index is -0.673. The Balaban J connectivity index is 1.89. The summed E-state index contributed by atoms with van der Waals surface area (Å²) in [6.45, 7) is 3.89. The van der Waals surface area contributed by atoms with Gasteiger partial charge in [-0.1, -0.05) is 30.8 Å². The fraction of sp³-hybridized carbons (Fsp3) is 0.200. The van der Waals surface area contributed by atoms with E-state index in [2.05, 4.69) is 22.5 Å². The minimum Gasteiger partial charge on any atom is -0.495 e. The van der Waals surface area contributed by atoms with E-state index >= 15 is 0 Å². The Morgan fingerprint density at radius 1 is 1.19 bits per heavy atom. The molecule has 0 bridgehead atoms. The van der Waals surface area contributed by atoms with Gasteiger partial charge in [0.2, 0.25) is 5.91 Å². The summed E-state index contributed by atoms with van der Waals surface area (Å²) < 4.78 is 5.29. The van der Waals surface area contributed by atoms with Gasteiger partial charge >= 0.3 is 6.03 Å². The van der Waals surface area contributed by atoms with Gasteiger partial charge in [0, 0.05) is 10.6 Å². The van der Waals surface area contributed by atoms with E-state index < -0.39 is 12.0 Å². The average Bonchev–Trinajstić information content (AvgIpc) is 2.67. The van der Waals surface area contributed by atoms with Gasteiger partial charge in [0.1, 0.15) is 11.7 Å². The highest BCUT2D eigenvalue weighted by Gasteiger charge is 2.38. The summed E-state index contributed by atoms with van der Waals surface area (Å²) in [5, 5.41) is 8.32. The van der Waals surface area contributed by atoms with Gasteiger partial charge in [-0.25, -0.2) is 4.79 Å². The van der Waals surface area contributed by atoms with Crippen LogP contribution in [0.25, 0.3) is 0 Å². The van der Waals surface area contributed by atoms with E-state index in [0.29, 0.717) is 17.1 Å². The summed E-state index contributed by atoms with van der Waals surface area (Å²) in [6, 6.07) is 14.0. The molecule has 1 aliphatic heterocycles. The molecule has 3 amide bonds. The van der Waals surface area contributed by atoms with Gasteiger partial charge in [0.05, 0.1) is 18.8 Å². The molecule has 3 N–H and O–H groups in total. The van der Waals surface area contributed by atoms with Crippen LogP contribution < -0.4 is 20.7 Å². The third kappa shape index (κ3) is 4.09. The molecule has 2 aromatic rings. The van der Waals surface area contributed by atoms with Crippen molar-refractivity contribution in [3.05, 3.63) is 66.4 Å². The van der Waals surface area contributed by atoms with Crippen LogP contribution in [0.1, 0.15) is 11.6 Å². The van der Waals surface area contributed by atoms with E-state index in [1.54, 1.807) is 31.0 Å². The fourth-order valence-corrected chi connectivity index (χ4v) is 3.45. The Bertz CT molecular complexity index is 867. The maximum absolute atomic E-state index is 13.0. The average molecular weight is 383 g/mol. The Kier molecular flexibility index (Phi) is 5.71. The number of methoxy groups -OCH3 is 1. The second kappa shape index (κ2) is 8.18. The normalized spacial score (nSPS) is 19.0. The van der Waals surface area contributed by atoms with Crippen molar-refractivity contribution in [1.82, 2.24) is 10.6 Å². The van der Waals surface area contributed by atoms with E-state index in [-0.39, 0.29) is 11.9 Å². The first-order valence-corrected chi connectivity index (χ1v) is 9.60. The Morgan fingerprint density at radius 2 is 1.89 bits per heavy atom. The number of nitrogens with one attached hydrogen (secondary N) is 3. The molecule has 0 aliphatic carbocycles. The van der Waals surface area contributed by atoms with E-state index in [1.165, 1.54) is 0 Å². The molecule has 3 rings (SSSR count). The first-order valence-electron chi connectivity index (χ1n) is 8.37. The van der Waals surface area contributed by atoms with Crippen LogP contribution in [-0.4, -0.2) is 25.3 Å². The molecule has 6 nitrogen and oxygen atoms in total. The predicted molar refractivity (Wildman–Crippen MR) is 107 cm³/mol. The number of amides is 3. The second-order valence-corrected chi connectivity index (χ2v) is 6.92. The van der Waals surface area contributed by atoms with Gasteiger partial charge in [0.25, 0.3) is 0 Å². The molecule has 27 heavy (non-hydrogen) atoms. The quantitative estimate of drug-likeness (QED) is 0.690. The molecule has 0 radical (unpaired) electrons. The van der Waals surface area contributed by atoms with Gasteiger partial charge in [-0.2, -0.15) is 0 Å². The van der Waals surface area contributed by atoms with Crippen molar-refractivity contribution in [3.63, 3.8) is 0 Å². The van der Waals surface area contributed by atoms with Crippen LogP contribution in [0, 0.1) is 5.92 Å². The molecule has 0 unspecified atom stereocenters. The van der Waals surface area contributed by atoms with Crippen LogP contribution in [0.5, 0.6) is 5.75 Å². The Morgan fingerprint density at radius 3 is 2.56 bits per heavy atom. The van der Waals surface area contributed by atoms with Crippen molar-refractivity contribution >= 4 is 29.4 Å². The summed E-state index contributed by atoms with van der Waals surface area (Å²) in [7, 11) is 1.54. The summed E-state index contributed by atoms with van der Waals surface area (Å²) in [4.78, 5) is 26.1. The zero-order valence-corrected chi connectivity index (χ0v) is 15.9. The molecule has 1 aliphatic rings. The number of carbonyl (C=O) groups excluding carboxylic acids is 2. The van der Waals surface area contributed by atoms with Gasteiger partial charge in [-0.3, -0.25) is 4.79 Å². The van der Waals surface area contributed by atoms with Crippen LogP contribution in [0.3, 0.4) is 0 Å². The number of ether oxygens (including phenoxy) is 1. The number of hydrogen-bond acceptors (Lipinski definition) is 4. The molecular weight excluding hydrogens is 362 g/mol. The second-order valence-electron chi connectivity index (χ2n) is 6.04. The zero-order chi connectivity index (χ0) is 19.4. The molecule has 7 heteroatoms. The van der Waals surface area contributed by atoms with Gasteiger partial charge in [0.15, 0.2) is 0 Å². The lowest BCUT2D eigenvalue weighted by Crippen LogP contribution is -2.51. The standard InChI is InChI=1S/C20H21N3O3S/c1-12-17(19(24)22-15-6-4-5-7-16(15)26-2)18(23-20(25)21-12)13-8-10-14(27-3)11-9-13/h4-11,17-18H,1H2,2-3H3,(H,22,24)(H2,21,23,25)/t17-,18+/m0/s1. The number of rotatable bonds is 5. The topological polar surface area (TPSA) is 79.5 Å². The molecule has 0 saturated carbocycles. The third-order valence-corrected chi connectivity index (χ3v) is 5.14. The number of carbonyl (C=O) groups is 2. The molecule has 1 fully saturated rings. The highest BCUT2D eigenvalue weighted by molar-refractivity contribution is 7.98. The lowest BCUT2D eigenvalue weighted by molar-refractivity contribution is -0.119. The van der Waals surface area contributed by atoms with E-state index in [9.17, 15) is 9.59 Å². The number of benzene rings is 2. The summed E-state index contributed by atoms with van der Waals surface area (Å²) >= 11 is 1.63. The van der Waals surface area contributed by atoms with E-state index in [1.807, 2.05) is 42.7 Å². The molecular formula is C20H21N3O3S. The summed E-state index contributed by atoms with van der Waals surface area (Å²) in [6.07, 6.45) is 1.99. The lowest BCUT2D eigenvalue weighted by Gasteiger charge is -2.34. The van der Waals surface area contributed by atoms with Gasteiger partial charge < -0.3 is 20.7 Å². The molecule has 1 saturated heterocycles. The first-order chi connectivity index (χ1) is 13.0.